The van der Waals surface area contributed by atoms with Crippen molar-refractivity contribution in [3.8, 4) is 5.75 Å². The minimum absolute atomic E-state index is 0.0286. The molecule has 0 heterocycles. The van der Waals surface area contributed by atoms with Crippen molar-refractivity contribution in [3.63, 3.8) is 0 Å². The van der Waals surface area contributed by atoms with Gasteiger partial charge >= 0.3 is 12.3 Å². The van der Waals surface area contributed by atoms with Gasteiger partial charge in [-0.2, -0.15) is 0 Å². The quantitative estimate of drug-likeness (QED) is 0.577. The smallest absolute Gasteiger partial charge is 0.479 e. The summed E-state index contributed by atoms with van der Waals surface area (Å²) in [6.07, 6.45) is -7.26. The number of anilines is 1. The first-order chi connectivity index (χ1) is 12.6. The number of aliphatic hydroxyl groups excluding tert-OH is 1. The molecule has 28 heavy (non-hydrogen) atoms. The molecule has 0 aliphatic heterocycles. The van der Waals surface area contributed by atoms with E-state index in [0.29, 0.717) is 0 Å². The lowest BCUT2D eigenvalue weighted by atomic mass is 9.72. The number of carboxylic acid groups (broad SMARTS) is 1. The average Bonchev–Trinajstić information content (AvgIpc) is 2.56. The number of aliphatic hydroxyl groups is 2. The second-order valence-corrected chi connectivity index (χ2v) is 7.32. The minimum atomic E-state index is -4.89. The summed E-state index contributed by atoms with van der Waals surface area (Å²) in [6.45, 7) is 3.78. The van der Waals surface area contributed by atoms with Crippen molar-refractivity contribution in [1.29, 1.82) is 0 Å². The third kappa shape index (κ3) is 5.27. The van der Waals surface area contributed by atoms with E-state index in [1.807, 2.05) is 0 Å². The topological polar surface area (TPSA) is 107 Å². The monoisotopic (exact) mass is 427 g/mol. The number of hydrogen-bond acceptors (Lipinski definition) is 5. The molecule has 0 bridgehead atoms. The zero-order chi connectivity index (χ0) is 21.9. The zero-order valence-corrected chi connectivity index (χ0v) is 16.1. The molecule has 7 nitrogen and oxygen atoms in total. The van der Waals surface area contributed by atoms with Gasteiger partial charge < -0.3 is 25.0 Å². The Morgan fingerprint density at radius 1 is 1.18 bits per heavy atom. The maximum atomic E-state index is 12.7. The average molecular weight is 428 g/mol. The molecule has 0 unspecified atom stereocenters. The number of alkyl halides is 4. The largest absolute Gasteiger partial charge is 0.573 e. The maximum Gasteiger partial charge on any atom is 0.573 e. The summed E-state index contributed by atoms with van der Waals surface area (Å²) in [5, 5.41) is 30.3. The lowest BCUT2D eigenvalue weighted by Gasteiger charge is -2.40. The van der Waals surface area contributed by atoms with Crippen molar-refractivity contribution in [1.82, 2.24) is 0 Å². The predicted molar refractivity (Wildman–Crippen MR) is 94.2 cm³/mol. The van der Waals surface area contributed by atoms with Gasteiger partial charge in [0.15, 0.2) is 6.10 Å². The van der Waals surface area contributed by atoms with Gasteiger partial charge in [0.2, 0.25) is 5.60 Å². The van der Waals surface area contributed by atoms with Crippen LogP contribution in [0.2, 0.25) is 0 Å². The molecule has 11 heteroatoms. The summed E-state index contributed by atoms with van der Waals surface area (Å²) in [7, 11) is 0. The van der Waals surface area contributed by atoms with Crippen LogP contribution in [-0.4, -0.2) is 57.7 Å². The van der Waals surface area contributed by atoms with E-state index in [-0.39, 0.29) is 18.1 Å². The molecular formula is C17H21ClF3NO6. The van der Waals surface area contributed by atoms with E-state index >= 15 is 0 Å². The molecule has 1 aromatic carbocycles. The van der Waals surface area contributed by atoms with Crippen LogP contribution in [0.4, 0.5) is 18.9 Å². The third-order valence-electron chi connectivity index (χ3n) is 4.06. The molecule has 3 N–H and O–H groups in total. The summed E-state index contributed by atoms with van der Waals surface area (Å²) in [6, 6.07) is 4.10. The molecule has 0 radical (unpaired) electrons. The zero-order valence-electron chi connectivity index (χ0n) is 15.3. The number of amides is 1. The number of carbonyl (C=O) groups is 2. The van der Waals surface area contributed by atoms with Gasteiger partial charge in [-0.15, -0.1) is 24.8 Å². The lowest BCUT2D eigenvalue weighted by Crippen LogP contribution is -2.63. The number of carbonyl (C=O) groups excluding carboxylic acids is 1. The molecule has 0 saturated heterocycles. The van der Waals surface area contributed by atoms with Crippen molar-refractivity contribution in [2.45, 2.75) is 38.8 Å². The van der Waals surface area contributed by atoms with Crippen molar-refractivity contribution >= 4 is 29.2 Å². The van der Waals surface area contributed by atoms with Gasteiger partial charge in [0.05, 0.1) is 0 Å². The minimum Gasteiger partial charge on any atom is -0.479 e. The number of ether oxygens (including phenoxy) is 1. The fourth-order valence-corrected chi connectivity index (χ4v) is 2.62. The van der Waals surface area contributed by atoms with E-state index in [1.54, 1.807) is 0 Å². The van der Waals surface area contributed by atoms with Gasteiger partial charge in [0.1, 0.15) is 5.75 Å². The molecule has 1 amide bonds. The van der Waals surface area contributed by atoms with Gasteiger partial charge in [-0.3, -0.25) is 4.79 Å². The van der Waals surface area contributed by atoms with Crippen LogP contribution in [0.15, 0.2) is 24.3 Å². The first-order valence-electron chi connectivity index (χ1n) is 8.02. The number of carboxylic acids is 1. The number of halogens is 4. The van der Waals surface area contributed by atoms with E-state index < -0.39 is 41.1 Å². The number of rotatable bonds is 7. The second kappa shape index (κ2) is 8.54. The Labute approximate surface area is 164 Å². The van der Waals surface area contributed by atoms with Crippen molar-refractivity contribution in [2.75, 3.05) is 17.3 Å². The van der Waals surface area contributed by atoms with Crippen LogP contribution in [0.5, 0.6) is 5.75 Å². The fraction of sp³-hybridized carbons (Fsp3) is 0.529. The molecule has 0 aliphatic carbocycles. The summed E-state index contributed by atoms with van der Waals surface area (Å²) >= 11 is 5.65. The standard InChI is InChI=1S/C17H21ClF3NO6/c1-15(2,3)16(27,14(25)26)12(23)13(24)22(9-8-18)10-4-6-11(7-5-10)28-17(19,20)21/h4-7,12,23,27H,8-9H2,1-3H3,(H,25,26)/t12-,16+/m0/s1. The Morgan fingerprint density at radius 2 is 1.68 bits per heavy atom. The van der Waals surface area contributed by atoms with Gasteiger partial charge in [-0.05, 0) is 24.3 Å². The molecule has 0 fully saturated rings. The lowest BCUT2D eigenvalue weighted by molar-refractivity contribution is -0.274. The third-order valence-corrected chi connectivity index (χ3v) is 4.22. The number of aliphatic carboxylic acids is 1. The van der Waals surface area contributed by atoms with Crippen LogP contribution in [0, 0.1) is 5.41 Å². The van der Waals surface area contributed by atoms with E-state index in [4.69, 9.17) is 11.6 Å². The van der Waals surface area contributed by atoms with Gasteiger partial charge in [-0.25, -0.2) is 4.79 Å². The maximum absolute atomic E-state index is 12.7. The molecule has 158 valence electrons. The summed E-state index contributed by atoms with van der Waals surface area (Å²) in [5.74, 6) is -3.64. The highest BCUT2D eigenvalue weighted by Gasteiger charge is 2.56. The second-order valence-electron chi connectivity index (χ2n) is 6.94. The number of benzene rings is 1. The molecule has 0 aliphatic rings. The Bertz CT molecular complexity index is 704. The Hall–Kier alpha value is -2.04. The summed E-state index contributed by atoms with van der Waals surface area (Å²) < 4.78 is 40.5. The molecule has 0 spiro atoms. The van der Waals surface area contributed by atoms with Crippen molar-refractivity contribution in [3.05, 3.63) is 24.3 Å². The predicted octanol–water partition coefficient (Wildman–Crippen LogP) is 2.38. The fourth-order valence-electron chi connectivity index (χ4n) is 2.45. The van der Waals surface area contributed by atoms with E-state index in [2.05, 4.69) is 4.74 Å². The first-order valence-corrected chi connectivity index (χ1v) is 8.55. The Kier molecular flexibility index (Phi) is 7.32. The highest BCUT2D eigenvalue weighted by atomic mass is 35.5. The Balaban J connectivity index is 3.23. The van der Waals surface area contributed by atoms with Crippen molar-refractivity contribution in [2.24, 2.45) is 5.41 Å². The Morgan fingerprint density at radius 3 is 2.04 bits per heavy atom. The highest BCUT2D eigenvalue weighted by Crippen LogP contribution is 2.35. The molecule has 0 aromatic heterocycles. The van der Waals surface area contributed by atoms with Crippen LogP contribution in [-0.2, 0) is 9.59 Å². The van der Waals surface area contributed by atoms with Crippen LogP contribution >= 0.6 is 11.6 Å². The van der Waals surface area contributed by atoms with Crippen LogP contribution < -0.4 is 9.64 Å². The van der Waals surface area contributed by atoms with Crippen molar-refractivity contribution < 1.29 is 42.8 Å². The first kappa shape index (κ1) is 24.0. The molecule has 2 atom stereocenters. The van der Waals surface area contributed by atoms with Crippen LogP contribution in [0.3, 0.4) is 0 Å². The summed E-state index contributed by atoms with van der Waals surface area (Å²) in [4.78, 5) is 25.2. The van der Waals surface area contributed by atoms with E-state index in [0.717, 1.165) is 29.2 Å². The van der Waals surface area contributed by atoms with Crippen LogP contribution in [0.1, 0.15) is 20.8 Å². The normalized spacial score (nSPS) is 15.5. The van der Waals surface area contributed by atoms with Gasteiger partial charge in [0.25, 0.3) is 5.91 Å². The summed E-state index contributed by atoms with van der Waals surface area (Å²) in [5.41, 5.74) is -4.22. The number of hydrogen-bond donors (Lipinski definition) is 3. The van der Waals surface area contributed by atoms with E-state index in [9.17, 15) is 38.1 Å². The highest BCUT2D eigenvalue weighted by molar-refractivity contribution is 6.18. The van der Waals surface area contributed by atoms with Crippen LogP contribution in [0.25, 0.3) is 0 Å². The molecule has 0 saturated carbocycles. The van der Waals surface area contributed by atoms with Gasteiger partial charge in [-0.1, -0.05) is 20.8 Å². The van der Waals surface area contributed by atoms with Gasteiger partial charge in [0, 0.05) is 23.5 Å². The number of nitrogens with zero attached hydrogens (tertiary/aromatic N) is 1. The SMILES string of the molecule is CC(C)(C)[C@](O)(C(=O)O)[C@@H](O)C(=O)N(CCCl)c1ccc(OC(F)(F)F)cc1. The van der Waals surface area contributed by atoms with E-state index in [1.165, 1.54) is 20.8 Å². The molecule has 1 rings (SSSR count). The molecule has 1 aromatic rings. The molecular weight excluding hydrogens is 407 g/mol.